The highest BCUT2D eigenvalue weighted by Crippen LogP contribution is 2.35. The summed E-state index contributed by atoms with van der Waals surface area (Å²) in [7, 11) is 1.72. The summed E-state index contributed by atoms with van der Waals surface area (Å²) in [5.41, 5.74) is 0.940. The van der Waals surface area contributed by atoms with Crippen molar-refractivity contribution in [2.45, 2.75) is 45.8 Å². The van der Waals surface area contributed by atoms with Crippen LogP contribution in [0.25, 0.3) is 0 Å². The van der Waals surface area contributed by atoms with Gasteiger partial charge in [-0.15, -0.1) is 0 Å². The van der Waals surface area contributed by atoms with Gasteiger partial charge in [0.2, 0.25) is 5.88 Å². The maximum absolute atomic E-state index is 5.85. The molecular weight excluding hydrogens is 216 g/mol. The molecule has 0 aliphatic carbocycles. The first-order valence-electron chi connectivity index (χ1n) is 6.20. The lowest BCUT2D eigenvalue weighted by molar-refractivity contribution is -0.0648. The molecule has 2 unspecified atom stereocenters. The molecule has 0 N–H and O–H groups in total. The summed E-state index contributed by atoms with van der Waals surface area (Å²) < 4.78 is 13.2. The maximum Gasteiger partial charge on any atom is 0.215 e. The number of rotatable bonds is 3. The Balaban J connectivity index is 2.27. The predicted octanol–water partition coefficient (Wildman–Crippen LogP) is 2.44. The summed E-state index contributed by atoms with van der Waals surface area (Å²) in [6, 6.07) is 0. The Morgan fingerprint density at radius 3 is 2.76 bits per heavy atom. The molecule has 0 fully saturated rings. The molecule has 2 atom stereocenters. The maximum atomic E-state index is 5.85. The molecular formula is C13H22N2O2. The highest BCUT2D eigenvalue weighted by atomic mass is 16.5. The Labute approximate surface area is 103 Å². The summed E-state index contributed by atoms with van der Waals surface area (Å²) in [6.07, 6.45) is 1.93. The topological polar surface area (TPSA) is 36.3 Å². The number of hydrogen-bond donors (Lipinski definition) is 0. The van der Waals surface area contributed by atoms with E-state index in [9.17, 15) is 0 Å². The van der Waals surface area contributed by atoms with E-state index < -0.39 is 0 Å². The molecule has 4 heteroatoms. The minimum absolute atomic E-state index is 0.267. The zero-order chi connectivity index (χ0) is 12.6. The predicted molar refractivity (Wildman–Crippen MR) is 66.4 cm³/mol. The Hall–Kier alpha value is -1.03. The first kappa shape index (κ1) is 12.4. The van der Waals surface area contributed by atoms with Crippen molar-refractivity contribution in [2.75, 3.05) is 13.7 Å². The minimum Gasteiger partial charge on any atom is -0.474 e. The molecule has 1 aromatic rings. The van der Waals surface area contributed by atoms with Crippen LogP contribution in [-0.2, 0) is 11.3 Å². The van der Waals surface area contributed by atoms with Gasteiger partial charge < -0.3 is 9.47 Å². The van der Waals surface area contributed by atoms with Crippen LogP contribution in [0.3, 0.4) is 0 Å². The first-order chi connectivity index (χ1) is 7.97. The van der Waals surface area contributed by atoms with Crippen molar-refractivity contribution in [1.82, 2.24) is 9.78 Å². The molecule has 0 spiro atoms. The van der Waals surface area contributed by atoms with Gasteiger partial charge in [-0.05, 0) is 18.8 Å². The van der Waals surface area contributed by atoms with Crippen LogP contribution in [0.2, 0.25) is 0 Å². The van der Waals surface area contributed by atoms with Crippen LogP contribution in [0.15, 0.2) is 6.20 Å². The summed E-state index contributed by atoms with van der Waals surface area (Å²) in [4.78, 5) is 0. The van der Waals surface area contributed by atoms with Gasteiger partial charge in [0.1, 0.15) is 12.2 Å². The van der Waals surface area contributed by atoms with E-state index in [1.807, 2.05) is 17.8 Å². The number of ether oxygens (including phenoxy) is 2. The lowest BCUT2D eigenvalue weighted by Crippen LogP contribution is -2.43. The Morgan fingerprint density at radius 2 is 2.18 bits per heavy atom. The van der Waals surface area contributed by atoms with Crippen molar-refractivity contribution in [1.29, 1.82) is 0 Å². The summed E-state index contributed by atoms with van der Waals surface area (Å²) in [6.45, 7) is 10.0. The van der Waals surface area contributed by atoms with E-state index in [1.165, 1.54) is 5.56 Å². The highest BCUT2D eigenvalue weighted by molar-refractivity contribution is 5.29. The van der Waals surface area contributed by atoms with E-state index in [2.05, 4.69) is 25.9 Å². The second-order valence-electron chi connectivity index (χ2n) is 5.54. The van der Waals surface area contributed by atoms with Crippen LogP contribution in [0.1, 0.15) is 39.2 Å². The van der Waals surface area contributed by atoms with Crippen molar-refractivity contribution in [3.8, 4) is 5.88 Å². The molecule has 17 heavy (non-hydrogen) atoms. The second-order valence-corrected chi connectivity index (χ2v) is 5.54. The molecule has 2 rings (SSSR count). The van der Waals surface area contributed by atoms with Crippen molar-refractivity contribution >= 4 is 0 Å². The number of nitrogens with zero attached hydrogens (tertiary/aromatic N) is 2. The van der Waals surface area contributed by atoms with Gasteiger partial charge in [0.05, 0.1) is 12.7 Å². The van der Waals surface area contributed by atoms with Gasteiger partial charge in [0, 0.05) is 12.7 Å². The lowest BCUT2D eigenvalue weighted by atomic mass is 9.92. The zero-order valence-electron chi connectivity index (χ0n) is 11.4. The monoisotopic (exact) mass is 238 g/mol. The minimum atomic E-state index is -0.267. The average molecular weight is 238 g/mol. The SMILES string of the molecule is COC1(C)COc2c(C(C)C(C)C)cnn2C1. The normalized spacial score (nSPS) is 25.5. The van der Waals surface area contributed by atoms with Gasteiger partial charge in [-0.1, -0.05) is 20.8 Å². The average Bonchev–Trinajstić information content (AvgIpc) is 2.70. The number of hydrogen-bond acceptors (Lipinski definition) is 3. The van der Waals surface area contributed by atoms with Crippen LogP contribution in [0.4, 0.5) is 0 Å². The van der Waals surface area contributed by atoms with E-state index in [-0.39, 0.29) is 5.60 Å². The summed E-state index contributed by atoms with van der Waals surface area (Å²) in [5.74, 6) is 1.97. The molecule has 2 heterocycles. The number of fused-ring (bicyclic) bond motifs is 1. The second kappa shape index (κ2) is 4.33. The fourth-order valence-electron chi connectivity index (χ4n) is 2.04. The first-order valence-corrected chi connectivity index (χ1v) is 6.20. The quantitative estimate of drug-likeness (QED) is 0.811. The molecule has 0 bridgehead atoms. The van der Waals surface area contributed by atoms with Gasteiger partial charge >= 0.3 is 0 Å². The molecule has 0 amide bonds. The third-order valence-electron chi connectivity index (χ3n) is 3.80. The van der Waals surface area contributed by atoms with Crippen LogP contribution < -0.4 is 4.74 Å². The van der Waals surface area contributed by atoms with Gasteiger partial charge in [0.25, 0.3) is 0 Å². The summed E-state index contributed by atoms with van der Waals surface area (Å²) in [5, 5.41) is 4.42. The van der Waals surface area contributed by atoms with Crippen LogP contribution in [0.5, 0.6) is 5.88 Å². The van der Waals surface area contributed by atoms with Crippen LogP contribution in [-0.4, -0.2) is 29.1 Å². The van der Waals surface area contributed by atoms with E-state index in [0.29, 0.717) is 18.4 Å². The van der Waals surface area contributed by atoms with E-state index in [0.717, 1.165) is 12.4 Å². The standard InChI is InChI=1S/C13H22N2O2/c1-9(2)10(3)11-6-14-15-7-13(4,16-5)8-17-12(11)15/h6,9-10H,7-8H2,1-5H3. The van der Waals surface area contributed by atoms with E-state index in [1.54, 1.807) is 7.11 Å². The van der Waals surface area contributed by atoms with Crippen molar-refractivity contribution in [3.63, 3.8) is 0 Å². The fraction of sp³-hybridized carbons (Fsp3) is 0.769. The Morgan fingerprint density at radius 1 is 1.47 bits per heavy atom. The molecule has 1 aromatic heterocycles. The van der Waals surface area contributed by atoms with Gasteiger partial charge in [-0.2, -0.15) is 5.10 Å². The van der Waals surface area contributed by atoms with Crippen molar-refractivity contribution in [3.05, 3.63) is 11.8 Å². The smallest absolute Gasteiger partial charge is 0.215 e. The van der Waals surface area contributed by atoms with Gasteiger partial charge in [-0.3, -0.25) is 0 Å². The molecule has 0 radical (unpaired) electrons. The van der Waals surface area contributed by atoms with Crippen molar-refractivity contribution < 1.29 is 9.47 Å². The molecule has 0 aromatic carbocycles. The Bertz CT molecular complexity index is 400. The van der Waals surface area contributed by atoms with Crippen LogP contribution >= 0.6 is 0 Å². The third-order valence-corrected chi connectivity index (χ3v) is 3.80. The van der Waals surface area contributed by atoms with E-state index in [4.69, 9.17) is 9.47 Å². The fourth-order valence-corrected chi connectivity index (χ4v) is 2.04. The van der Waals surface area contributed by atoms with Crippen molar-refractivity contribution in [2.24, 2.45) is 5.92 Å². The molecule has 0 saturated heterocycles. The number of methoxy groups -OCH3 is 1. The van der Waals surface area contributed by atoms with E-state index >= 15 is 0 Å². The Kier molecular flexibility index (Phi) is 3.17. The molecule has 0 saturated carbocycles. The largest absolute Gasteiger partial charge is 0.474 e. The van der Waals surface area contributed by atoms with Gasteiger partial charge in [0.15, 0.2) is 0 Å². The molecule has 4 nitrogen and oxygen atoms in total. The molecule has 96 valence electrons. The zero-order valence-corrected chi connectivity index (χ0v) is 11.4. The molecule has 1 aliphatic heterocycles. The highest BCUT2D eigenvalue weighted by Gasteiger charge is 2.34. The number of aromatic nitrogens is 2. The van der Waals surface area contributed by atoms with Gasteiger partial charge in [-0.25, -0.2) is 4.68 Å². The molecule has 1 aliphatic rings. The summed E-state index contributed by atoms with van der Waals surface area (Å²) >= 11 is 0. The van der Waals surface area contributed by atoms with Crippen LogP contribution in [0, 0.1) is 5.92 Å². The lowest BCUT2D eigenvalue weighted by Gasteiger charge is -2.33. The third kappa shape index (κ3) is 2.18.